The Morgan fingerprint density at radius 1 is 1.00 bits per heavy atom. The summed E-state index contributed by atoms with van der Waals surface area (Å²) in [5.41, 5.74) is 1.96. The fourth-order valence-electron chi connectivity index (χ4n) is 4.13. The smallest absolute Gasteiger partial charge is 0.243 e. The standard InChI is InChI=1S/C21H23FN2O3S/c22-17-7-9-18(10-8-17)28(26,27)24-14-11-16-5-1-2-6-19(16)20(24)15-21(25)23-12-3-4-13-23/h1-2,5-10,20H,3-4,11-15H2. The van der Waals surface area contributed by atoms with E-state index in [-0.39, 0.29) is 17.2 Å². The molecule has 1 saturated heterocycles. The summed E-state index contributed by atoms with van der Waals surface area (Å²) in [7, 11) is -3.84. The average Bonchev–Trinajstić information content (AvgIpc) is 3.23. The van der Waals surface area contributed by atoms with Gasteiger partial charge in [-0.2, -0.15) is 4.31 Å². The summed E-state index contributed by atoms with van der Waals surface area (Å²) in [6.07, 6.45) is 2.69. The van der Waals surface area contributed by atoms with Crippen molar-refractivity contribution in [1.82, 2.24) is 9.21 Å². The Labute approximate surface area is 164 Å². The normalized spacial score (nSPS) is 20.2. The second-order valence-corrected chi connectivity index (χ2v) is 9.22. The lowest BCUT2D eigenvalue weighted by molar-refractivity contribution is -0.131. The maximum absolute atomic E-state index is 13.3. The van der Waals surface area contributed by atoms with Crippen molar-refractivity contribution in [2.24, 2.45) is 0 Å². The molecule has 0 spiro atoms. The van der Waals surface area contributed by atoms with Gasteiger partial charge in [0, 0.05) is 26.1 Å². The van der Waals surface area contributed by atoms with E-state index in [0.29, 0.717) is 13.0 Å². The van der Waals surface area contributed by atoms with Crippen molar-refractivity contribution in [1.29, 1.82) is 0 Å². The van der Waals surface area contributed by atoms with Crippen LogP contribution in [-0.2, 0) is 21.2 Å². The van der Waals surface area contributed by atoms with E-state index in [1.165, 1.54) is 16.4 Å². The van der Waals surface area contributed by atoms with Crippen molar-refractivity contribution in [3.63, 3.8) is 0 Å². The minimum absolute atomic E-state index is 0.0153. The van der Waals surface area contributed by atoms with Crippen LogP contribution in [0.3, 0.4) is 0 Å². The van der Waals surface area contributed by atoms with E-state index < -0.39 is 21.9 Å². The Balaban J connectivity index is 1.70. The maximum Gasteiger partial charge on any atom is 0.243 e. The molecule has 2 aliphatic heterocycles. The molecular formula is C21H23FN2O3S. The minimum atomic E-state index is -3.84. The molecule has 0 bridgehead atoms. The number of hydrogen-bond donors (Lipinski definition) is 0. The third-order valence-electron chi connectivity index (χ3n) is 5.61. The highest BCUT2D eigenvalue weighted by Crippen LogP contribution is 2.37. The molecule has 2 aliphatic rings. The first-order valence-electron chi connectivity index (χ1n) is 9.60. The lowest BCUT2D eigenvalue weighted by atomic mass is 9.92. The molecule has 1 fully saturated rings. The monoisotopic (exact) mass is 402 g/mol. The fourth-order valence-corrected chi connectivity index (χ4v) is 5.74. The number of benzene rings is 2. The van der Waals surface area contributed by atoms with Gasteiger partial charge in [0.2, 0.25) is 15.9 Å². The highest BCUT2D eigenvalue weighted by Gasteiger charge is 2.38. The fraction of sp³-hybridized carbons (Fsp3) is 0.381. The molecule has 0 aliphatic carbocycles. The van der Waals surface area contributed by atoms with Crippen LogP contribution in [-0.4, -0.2) is 43.2 Å². The molecule has 1 unspecified atom stereocenters. The van der Waals surface area contributed by atoms with Crippen molar-refractivity contribution in [2.45, 2.75) is 36.6 Å². The summed E-state index contributed by atoms with van der Waals surface area (Å²) in [6, 6.07) is 12.0. The highest BCUT2D eigenvalue weighted by atomic mass is 32.2. The van der Waals surface area contributed by atoms with Crippen molar-refractivity contribution >= 4 is 15.9 Å². The number of carbonyl (C=O) groups is 1. The molecule has 2 aromatic rings. The van der Waals surface area contributed by atoms with E-state index >= 15 is 0 Å². The average molecular weight is 402 g/mol. The zero-order valence-corrected chi connectivity index (χ0v) is 16.4. The summed E-state index contributed by atoms with van der Waals surface area (Å²) in [5, 5.41) is 0. The van der Waals surface area contributed by atoms with E-state index in [4.69, 9.17) is 0 Å². The molecule has 2 aromatic carbocycles. The van der Waals surface area contributed by atoms with Gasteiger partial charge in [-0.1, -0.05) is 24.3 Å². The van der Waals surface area contributed by atoms with Crippen molar-refractivity contribution in [3.8, 4) is 0 Å². The van der Waals surface area contributed by atoms with Crippen LogP contribution in [0.25, 0.3) is 0 Å². The van der Waals surface area contributed by atoms with E-state index in [2.05, 4.69) is 0 Å². The number of nitrogens with zero attached hydrogens (tertiary/aromatic N) is 2. The Kier molecular flexibility index (Phi) is 5.21. The summed E-state index contributed by atoms with van der Waals surface area (Å²) < 4.78 is 41.3. The first-order valence-corrected chi connectivity index (χ1v) is 11.0. The summed E-state index contributed by atoms with van der Waals surface area (Å²) in [5.74, 6) is -0.498. The molecule has 1 amide bonds. The molecule has 7 heteroatoms. The predicted octanol–water partition coefficient (Wildman–Crippen LogP) is 3.13. The quantitative estimate of drug-likeness (QED) is 0.790. The molecule has 148 valence electrons. The Morgan fingerprint density at radius 3 is 2.39 bits per heavy atom. The van der Waals surface area contributed by atoms with Gasteiger partial charge in [0.15, 0.2) is 0 Å². The zero-order valence-electron chi connectivity index (χ0n) is 15.6. The number of fused-ring (bicyclic) bond motifs is 1. The largest absolute Gasteiger partial charge is 0.343 e. The summed E-state index contributed by atoms with van der Waals surface area (Å²) in [4.78, 5) is 14.7. The van der Waals surface area contributed by atoms with Gasteiger partial charge in [0.25, 0.3) is 0 Å². The summed E-state index contributed by atoms with van der Waals surface area (Å²) in [6.45, 7) is 1.77. The number of rotatable bonds is 4. The van der Waals surface area contributed by atoms with Crippen molar-refractivity contribution in [3.05, 3.63) is 65.5 Å². The van der Waals surface area contributed by atoms with Crippen LogP contribution < -0.4 is 0 Å². The third-order valence-corrected chi connectivity index (χ3v) is 7.53. The topological polar surface area (TPSA) is 57.7 Å². The number of amides is 1. The van der Waals surface area contributed by atoms with Crippen LogP contribution in [0, 0.1) is 5.82 Å². The van der Waals surface area contributed by atoms with Crippen LogP contribution in [0.5, 0.6) is 0 Å². The van der Waals surface area contributed by atoms with Gasteiger partial charge in [-0.05, 0) is 54.7 Å². The Bertz CT molecular complexity index is 969. The second-order valence-electron chi connectivity index (χ2n) is 7.33. The minimum Gasteiger partial charge on any atom is -0.343 e. The van der Waals surface area contributed by atoms with Gasteiger partial charge in [-0.15, -0.1) is 0 Å². The number of hydrogen-bond acceptors (Lipinski definition) is 3. The van der Waals surface area contributed by atoms with E-state index in [9.17, 15) is 17.6 Å². The molecule has 0 aromatic heterocycles. The van der Waals surface area contributed by atoms with Gasteiger partial charge in [-0.3, -0.25) is 4.79 Å². The van der Waals surface area contributed by atoms with Gasteiger partial charge < -0.3 is 4.90 Å². The number of halogens is 1. The lowest BCUT2D eigenvalue weighted by Crippen LogP contribution is -2.42. The third kappa shape index (κ3) is 3.56. The predicted molar refractivity (Wildman–Crippen MR) is 104 cm³/mol. The number of sulfonamides is 1. The van der Waals surface area contributed by atoms with Gasteiger partial charge in [0.05, 0.1) is 10.9 Å². The van der Waals surface area contributed by atoms with Crippen LogP contribution in [0.2, 0.25) is 0 Å². The van der Waals surface area contributed by atoms with Gasteiger partial charge in [0.1, 0.15) is 5.82 Å². The first kappa shape index (κ1) is 19.1. The molecule has 1 atom stereocenters. The molecule has 5 nitrogen and oxygen atoms in total. The molecule has 28 heavy (non-hydrogen) atoms. The van der Waals surface area contributed by atoms with Crippen LogP contribution in [0.1, 0.15) is 36.4 Å². The summed E-state index contributed by atoms with van der Waals surface area (Å²) >= 11 is 0. The van der Waals surface area contributed by atoms with Gasteiger partial charge >= 0.3 is 0 Å². The molecule has 0 saturated carbocycles. The molecule has 2 heterocycles. The second kappa shape index (κ2) is 7.64. The van der Waals surface area contributed by atoms with Crippen molar-refractivity contribution < 1.29 is 17.6 Å². The van der Waals surface area contributed by atoms with Gasteiger partial charge in [-0.25, -0.2) is 12.8 Å². The molecule has 0 radical (unpaired) electrons. The first-order chi connectivity index (χ1) is 13.5. The van der Waals surface area contributed by atoms with E-state index in [1.807, 2.05) is 29.2 Å². The molecule has 0 N–H and O–H groups in total. The van der Waals surface area contributed by atoms with Crippen LogP contribution >= 0.6 is 0 Å². The molecule has 4 rings (SSSR count). The number of carbonyl (C=O) groups excluding carboxylic acids is 1. The van der Waals surface area contributed by atoms with Crippen molar-refractivity contribution in [2.75, 3.05) is 19.6 Å². The lowest BCUT2D eigenvalue weighted by Gasteiger charge is -2.36. The van der Waals surface area contributed by atoms with Crippen LogP contribution in [0.4, 0.5) is 4.39 Å². The van der Waals surface area contributed by atoms with Crippen LogP contribution in [0.15, 0.2) is 53.4 Å². The highest BCUT2D eigenvalue weighted by molar-refractivity contribution is 7.89. The Hall–Kier alpha value is -2.25. The SMILES string of the molecule is O=C(CC1c2ccccc2CCN1S(=O)(=O)c1ccc(F)cc1)N1CCCC1. The van der Waals surface area contributed by atoms with E-state index in [0.717, 1.165) is 49.2 Å². The van der Waals surface area contributed by atoms with E-state index in [1.54, 1.807) is 0 Å². The number of likely N-dealkylation sites (tertiary alicyclic amines) is 1. The maximum atomic E-state index is 13.3. The zero-order chi connectivity index (χ0) is 19.7. The molecular weight excluding hydrogens is 379 g/mol. The Morgan fingerprint density at radius 2 is 1.68 bits per heavy atom.